The van der Waals surface area contributed by atoms with Gasteiger partial charge in [-0.15, -0.1) is 11.3 Å². The number of benzene rings is 1. The minimum absolute atomic E-state index is 0.563. The molecule has 0 radical (unpaired) electrons. The van der Waals surface area contributed by atoms with Gasteiger partial charge in [-0.05, 0) is 29.1 Å². The van der Waals surface area contributed by atoms with Crippen molar-refractivity contribution in [2.75, 3.05) is 5.73 Å². The number of fused-ring (bicyclic) bond motifs is 1. The van der Waals surface area contributed by atoms with Crippen LogP contribution >= 0.6 is 27.3 Å². The van der Waals surface area contributed by atoms with Gasteiger partial charge in [-0.3, -0.25) is 0 Å². The van der Waals surface area contributed by atoms with Gasteiger partial charge in [-0.2, -0.15) is 0 Å². The molecule has 3 nitrogen and oxygen atoms in total. The molecule has 0 fully saturated rings. The monoisotopic (exact) mass is 319 g/mol. The molecule has 0 aliphatic rings. The number of anilines is 1. The first-order valence-electron chi connectivity index (χ1n) is 5.46. The highest BCUT2D eigenvalue weighted by atomic mass is 79.9. The van der Waals surface area contributed by atoms with Crippen LogP contribution in [0.25, 0.3) is 10.2 Å². The van der Waals surface area contributed by atoms with Crippen LogP contribution in [0, 0.1) is 0 Å². The molecule has 0 saturated carbocycles. The first kappa shape index (κ1) is 11.6. The van der Waals surface area contributed by atoms with E-state index in [0.29, 0.717) is 12.2 Å². The molecule has 2 heterocycles. The molecule has 0 spiro atoms. The third-order valence-electron chi connectivity index (χ3n) is 2.68. The van der Waals surface area contributed by atoms with Crippen molar-refractivity contribution in [2.24, 2.45) is 0 Å². The SMILES string of the molecule is Nc1nc(Cc2ccc(Br)cc2)nc2sccc12. The van der Waals surface area contributed by atoms with Crippen LogP contribution in [0.1, 0.15) is 11.4 Å². The second-order valence-corrected chi connectivity index (χ2v) is 5.78. The Kier molecular flexibility index (Phi) is 3.01. The molecule has 90 valence electrons. The maximum atomic E-state index is 5.93. The third kappa shape index (κ3) is 2.23. The molecule has 3 rings (SSSR count). The molecule has 0 bridgehead atoms. The minimum Gasteiger partial charge on any atom is -0.383 e. The number of rotatable bonds is 2. The summed E-state index contributed by atoms with van der Waals surface area (Å²) in [4.78, 5) is 9.84. The summed E-state index contributed by atoms with van der Waals surface area (Å²) in [6.45, 7) is 0. The van der Waals surface area contributed by atoms with E-state index in [-0.39, 0.29) is 0 Å². The Morgan fingerprint density at radius 1 is 1.11 bits per heavy atom. The topological polar surface area (TPSA) is 51.8 Å². The maximum Gasteiger partial charge on any atom is 0.136 e. The molecule has 5 heteroatoms. The van der Waals surface area contributed by atoms with E-state index in [2.05, 4.69) is 38.0 Å². The van der Waals surface area contributed by atoms with E-state index in [4.69, 9.17) is 5.73 Å². The summed E-state index contributed by atoms with van der Waals surface area (Å²) in [7, 11) is 0. The number of thiophene rings is 1. The van der Waals surface area contributed by atoms with Crippen LogP contribution in [0.5, 0.6) is 0 Å². The lowest BCUT2D eigenvalue weighted by molar-refractivity contribution is 1.00. The van der Waals surface area contributed by atoms with Crippen molar-refractivity contribution in [2.45, 2.75) is 6.42 Å². The number of aromatic nitrogens is 2. The molecule has 0 atom stereocenters. The second kappa shape index (κ2) is 4.66. The fourth-order valence-corrected chi connectivity index (χ4v) is 2.84. The van der Waals surface area contributed by atoms with Crippen LogP contribution in [-0.4, -0.2) is 9.97 Å². The standard InChI is InChI=1S/C13H10BrN3S/c14-9-3-1-8(2-4-9)7-11-16-12(15)10-5-6-18-13(10)17-11/h1-6H,7H2,(H2,15,16,17). The van der Waals surface area contributed by atoms with Crippen LogP contribution in [0.15, 0.2) is 40.2 Å². The van der Waals surface area contributed by atoms with E-state index < -0.39 is 0 Å². The highest BCUT2D eigenvalue weighted by Gasteiger charge is 2.06. The van der Waals surface area contributed by atoms with Gasteiger partial charge in [0.25, 0.3) is 0 Å². The van der Waals surface area contributed by atoms with E-state index in [9.17, 15) is 0 Å². The summed E-state index contributed by atoms with van der Waals surface area (Å²) >= 11 is 5.01. The summed E-state index contributed by atoms with van der Waals surface area (Å²) in [6.07, 6.45) is 0.700. The highest BCUT2D eigenvalue weighted by molar-refractivity contribution is 9.10. The molecule has 0 aliphatic heterocycles. The molecular weight excluding hydrogens is 310 g/mol. The molecule has 0 unspecified atom stereocenters. The van der Waals surface area contributed by atoms with Gasteiger partial charge in [0, 0.05) is 10.9 Å². The Morgan fingerprint density at radius 2 is 1.89 bits per heavy atom. The lowest BCUT2D eigenvalue weighted by atomic mass is 10.1. The average Bonchev–Trinajstić information content (AvgIpc) is 2.81. The van der Waals surface area contributed by atoms with Gasteiger partial charge in [0.1, 0.15) is 16.5 Å². The lowest BCUT2D eigenvalue weighted by Gasteiger charge is -2.03. The highest BCUT2D eigenvalue weighted by Crippen LogP contribution is 2.23. The third-order valence-corrected chi connectivity index (χ3v) is 4.01. The first-order valence-corrected chi connectivity index (χ1v) is 7.14. The largest absolute Gasteiger partial charge is 0.383 e. The van der Waals surface area contributed by atoms with Crippen molar-refractivity contribution in [3.05, 3.63) is 51.6 Å². The normalized spacial score (nSPS) is 10.9. The molecule has 0 saturated heterocycles. The van der Waals surface area contributed by atoms with Crippen LogP contribution in [-0.2, 0) is 6.42 Å². The summed E-state index contributed by atoms with van der Waals surface area (Å²) < 4.78 is 1.07. The van der Waals surface area contributed by atoms with Gasteiger partial charge >= 0.3 is 0 Å². The Bertz CT molecular complexity index is 691. The average molecular weight is 320 g/mol. The summed E-state index contributed by atoms with van der Waals surface area (Å²) in [5.41, 5.74) is 7.10. The number of hydrogen-bond donors (Lipinski definition) is 1. The Labute approximate surface area is 117 Å². The van der Waals surface area contributed by atoms with Crippen molar-refractivity contribution >= 4 is 43.3 Å². The molecule has 2 N–H and O–H groups in total. The number of hydrogen-bond acceptors (Lipinski definition) is 4. The summed E-state index contributed by atoms with van der Waals surface area (Å²) in [6, 6.07) is 10.1. The van der Waals surface area contributed by atoms with Crippen molar-refractivity contribution in [3.63, 3.8) is 0 Å². The fourth-order valence-electron chi connectivity index (χ4n) is 1.79. The molecular formula is C13H10BrN3S. The van der Waals surface area contributed by atoms with E-state index >= 15 is 0 Å². The van der Waals surface area contributed by atoms with Gasteiger partial charge in [0.05, 0.1) is 5.39 Å². The minimum atomic E-state index is 0.563. The first-order chi connectivity index (χ1) is 8.72. The van der Waals surface area contributed by atoms with Crippen molar-refractivity contribution in [1.82, 2.24) is 9.97 Å². The molecule has 2 aromatic heterocycles. The predicted octanol–water partition coefficient (Wildman–Crippen LogP) is 3.63. The Hall–Kier alpha value is -1.46. The predicted molar refractivity (Wildman–Crippen MR) is 78.8 cm³/mol. The molecule has 3 aromatic rings. The quantitative estimate of drug-likeness (QED) is 0.784. The Morgan fingerprint density at radius 3 is 2.67 bits per heavy atom. The number of halogens is 1. The van der Waals surface area contributed by atoms with E-state index in [1.54, 1.807) is 11.3 Å². The van der Waals surface area contributed by atoms with Crippen LogP contribution in [0.2, 0.25) is 0 Å². The molecule has 1 aromatic carbocycles. The van der Waals surface area contributed by atoms with Crippen LogP contribution in [0.3, 0.4) is 0 Å². The van der Waals surface area contributed by atoms with Gasteiger partial charge in [-0.1, -0.05) is 28.1 Å². The lowest BCUT2D eigenvalue weighted by Crippen LogP contribution is -2.00. The van der Waals surface area contributed by atoms with Crippen molar-refractivity contribution in [3.8, 4) is 0 Å². The summed E-state index contributed by atoms with van der Waals surface area (Å²) in [5.74, 6) is 1.33. The molecule has 0 amide bonds. The van der Waals surface area contributed by atoms with Crippen molar-refractivity contribution in [1.29, 1.82) is 0 Å². The maximum absolute atomic E-state index is 5.93. The van der Waals surface area contributed by atoms with E-state index in [1.165, 1.54) is 5.56 Å². The van der Waals surface area contributed by atoms with Crippen LogP contribution < -0.4 is 5.73 Å². The molecule has 0 aliphatic carbocycles. The van der Waals surface area contributed by atoms with E-state index in [0.717, 1.165) is 20.5 Å². The zero-order valence-corrected chi connectivity index (χ0v) is 11.8. The Balaban J connectivity index is 1.97. The number of nitrogens with two attached hydrogens (primary N) is 1. The zero-order valence-electron chi connectivity index (χ0n) is 9.43. The van der Waals surface area contributed by atoms with Crippen molar-refractivity contribution < 1.29 is 0 Å². The number of nitrogen functional groups attached to an aromatic ring is 1. The smallest absolute Gasteiger partial charge is 0.136 e. The van der Waals surface area contributed by atoms with Gasteiger partial charge in [0.2, 0.25) is 0 Å². The fraction of sp³-hybridized carbons (Fsp3) is 0.0769. The van der Waals surface area contributed by atoms with Gasteiger partial charge in [0.15, 0.2) is 0 Å². The second-order valence-electron chi connectivity index (χ2n) is 3.97. The van der Waals surface area contributed by atoms with Gasteiger partial charge < -0.3 is 5.73 Å². The zero-order chi connectivity index (χ0) is 12.5. The molecule has 18 heavy (non-hydrogen) atoms. The van der Waals surface area contributed by atoms with E-state index in [1.807, 2.05) is 23.6 Å². The summed E-state index contributed by atoms with van der Waals surface area (Å²) in [5, 5.41) is 2.93. The van der Waals surface area contributed by atoms with Crippen LogP contribution in [0.4, 0.5) is 5.82 Å². The number of nitrogens with zero attached hydrogens (tertiary/aromatic N) is 2. The van der Waals surface area contributed by atoms with Gasteiger partial charge in [-0.25, -0.2) is 9.97 Å².